The summed E-state index contributed by atoms with van der Waals surface area (Å²) in [5.74, 6) is -0.805. The zero-order chi connectivity index (χ0) is 7.65. The highest BCUT2D eigenvalue weighted by Crippen LogP contribution is 2.36. The molecule has 0 aromatic heterocycles. The molecule has 0 aromatic rings. The van der Waals surface area contributed by atoms with Crippen molar-refractivity contribution in [2.75, 3.05) is 0 Å². The monoisotopic (exact) mass is 323 g/mol. The zero-order valence-corrected chi connectivity index (χ0v) is 8.90. The van der Waals surface area contributed by atoms with Gasteiger partial charge in [-0.25, -0.2) is 0 Å². The fourth-order valence-electron chi connectivity index (χ4n) is 0.161. The third-order valence-corrected chi connectivity index (χ3v) is 1.88. The Labute approximate surface area is 77.4 Å². The lowest BCUT2D eigenvalue weighted by atomic mass is 10.4. The smallest absolute Gasteiger partial charge is 0.249 e. The molecule has 0 bridgehead atoms. The number of carbonyl (C=O) groups is 1. The average Bonchev–Trinajstić information content (AvgIpc) is 1.62. The molecule has 1 amide bonds. The van der Waals surface area contributed by atoms with Crippen LogP contribution in [0.25, 0.3) is 0 Å². The van der Waals surface area contributed by atoms with E-state index in [2.05, 4.69) is 47.8 Å². The standard InChI is InChI=1S/C3H4Br3NO2/c4-3(5,6)1(8)2(7)9/h1,8H,(H2,7,9). The minimum absolute atomic E-state index is 0.805. The van der Waals surface area contributed by atoms with Crippen molar-refractivity contribution in [3.8, 4) is 0 Å². The summed E-state index contributed by atoms with van der Waals surface area (Å²) >= 11 is 8.78. The van der Waals surface area contributed by atoms with Crippen LogP contribution in [0.5, 0.6) is 0 Å². The maximum Gasteiger partial charge on any atom is 0.249 e. The number of aliphatic hydroxyl groups is 1. The lowest BCUT2D eigenvalue weighted by molar-refractivity contribution is -0.125. The molecule has 9 heavy (non-hydrogen) atoms. The van der Waals surface area contributed by atoms with Crippen LogP contribution in [0.1, 0.15) is 0 Å². The van der Waals surface area contributed by atoms with Crippen LogP contribution in [0.4, 0.5) is 0 Å². The van der Waals surface area contributed by atoms with Crippen molar-refractivity contribution in [1.82, 2.24) is 0 Å². The molecular formula is C3H4Br3NO2. The highest BCUT2D eigenvalue weighted by Gasteiger charge is 2.33. The van der Waals surface area contributed by atoms with Crippen LogP contribution in [0.15, 0.2) is 0 Å². The molecule has 0 aliphatic heterocycles. The van der Waals surface area contributed by atoms with Crippen molar-refractivity contribution >= 4 is 53.7 Å². The summed E-state index contributed by atoms with van der Waals surface area (Å²) in [5.41, 5.74) is 4.74. The number of primary amides is 1. The Bertz CT molecular complexity index is 121. The van der Waals surface area contributed by atoms with Gasteiger partial charge in [-0.15, -0.1) is 0 Å². The normalized spacial score (nSPS) is 15.1. The summed E-state index contributed by atoms with van der Waals surface area (Å²) in [7, 11) is 0. The number of nitrogens with two attached hydrogens (primary N) is 1. The van der Waals surface area contributed by atoms with Gasteiger partial charge in [-0.05, 0) is 0 Å². The third-order valence-electron chi connectivity index (χ3n) is 0.580. The summed E-state index contributed by atoms with van der Waals surface area (Å²) in [6.07, 6.45) is -1.29. The van der Waals surface area contributed by atoms with Gasteiger partial charge in [0.15, 0.2) is 8.25 Å². The number of hydrogen-bond donors (Lipinski definition) is 2. The highest BCUT2D eigenvalue weighted by atomic mass is 80.0. The van der Waals surface area contributed by atoms with E-state index in [9.17, 15) is 4.79 Å². The van der Waals surface area contributed by atoms with Gasteiger partial charge in [-0.3, -0.25) is 4.79 Å². The Hall–Kier alpha value is 0.870. The largest absolute Gasteiger partial charge is 0.380 e. The quantitative estimate of drug-likeness (QED) is 0.696. The first-order valence-electron chi connectivity index (χ1n) is 1.90. The molecule has 3 nitrogen and oxygen atoms in total. The summed E-state index contributed by atoms with van der Waals surface area (Å²) in [4.78, 5) is 10.2. The first kappa shape index (κ1) is 9.87. The summed E-state index contributed by atoms with van der Waals surface area (Å²) in [6.45, 7) is 0. The average molecular weight is 326 g/mol. The predicted molar refractivity (Wildman–Crippen MR) is 44.7 cm³/mol. The molecule has 0 spiro atoms. The SMILES string of the molecule is NC(=O)C(O)C(Br)(Br)Br. The van der Waals surface area contributed by atoms with Crippen LogP contribution < -0.4 is 5.73 Å². The van der Waals surface area contributed by atoms with E-state index in [0.717, 1.165) is 0 Å². The van der Waals surface area contributed by atoms with Crippen LogP contribution >= 0.6 is 47.8 Å². The number of carbonyl (C=O) groups excluding carboxylic acids is 1. The Morgan fingerprint density at radius 3 is 1.89 bits per heavy atom. The van der Waals surface area contributed by atoms with E-state index in [4.69, 9.17) is 10.8 Å². The molecule has 0 radical (unpaired) electrons. The van der Waals surface area contributed by atoms with E-state index in [1.807, 2.05) is 0 Å². The molecule has 0 rings (SSSR count). The Balaban J connectivity index is 4.04. The molecule has 0 aliphatic rings. The van der Waals surface area contributed by atoms with Crippen LogP contribution in [0.3, 0.4) is 0 Å². The van der Waals surface area contributed by atoms with E-state index in [1.165, 1.54) is 0 Å². The van der Waals surface area contributed by atoms with Gasteiger partial charge in [-0.2, -0.15) is 0 Å². The molecule has 0 fully saturated rings. The molecule has 54 valence electrons. The Morgan fingerprint density at radius 2 is 1.89 bits per heavy atom. The number of rotatable bonds is 1. The number of halogens is 3. The van der Waals surface area contributed by atoms with Gasteiger partial charge >= 0.3 is 0 Å². The predicted octanol–water partition coefficient (Wildman–Crippen LogP) is 0.671. The second-order valence-corrected chi connectivity index (χ2v) is 8.29. The van der Waals surface area contributed by atoms with Gasteiger partial charge in [0.25, 0.3) is 0 Å². The molecule has 6 heteroatoms. The van der Waals surface area contributed by atoms with Gasteiger partial charge in [-0.1, -0.05) is 47.8 Å². The van der Waals surface area contributed by atoms with Crippen molar-refractivity contribution < 1.29 is 9.90 Å². The third kappa shape index (κ3) is 3.54. The van der Waals surface area contributed by atoms with E-state index >= 15 is 0 Å². The van der Waals surface area contributed by atoms with Gasteiger partial charge in [0.05, 0.1) is 0 Å². The number of alkyl halides is 3. The maximum atomic E-state index is 10.2. The summed E-state index contributed by atoms with van der Waals surface area (Å²) in [5, 5.41) is 8.85. The van der Waals surface area contributed by atoms with Crippen molar-refractivity contribution in [3.63, 3.8) is 0 Å². The van der Waals surface area contributed by atoms with Crippen molar-refractivity contribution in [2.24, 2.45) is 5.73 Å². The first-order chi connectivity index (χ1) is 3.85. The van der Waals surface area contributed by atoms with E-state index in [-0.39, 0.29) is 0 Å². The second kappa shape index (κ2) is 3.32. The lowest BCUT2D eigenvalue weighted by Gasteiger charge is -2.15. The van der Waals surface area contributed by atoms with E-state index < -0.39 is 14.2 Å². The first-order valence-corrected chi connectivity index (χ1v) is 4.27. The molecule has 0 heterocycles. The minimum atomic E-state index is -1.29. The fourth-order valence-corrected chi connectivity index (χ4v) is 0.838. The minimum Gasteiger partial charge on any atom is -0.380 e. The van der Waals surface area contributed by atoms with Crippen molar-refractivity contribution in [1.29, 1.82) is 0 Å². The van der Waals surface area contributed by atoms with Gasteiger partial charge < -0.3 is 10.8 Å². The molecule has 1 atom stereocenters. The molecule has 0 aromatic carbocycles. The van der Waals surface area contributed by atoms with Gasteiger partial charge in [0.2, 0.25) is 5.91 Å². The topological polar surface area (TPSA) is 63.3 Å². The van der Waals surface area contributed by atoms with Crippen LogP contribution in [0, 0.1) is 0 Å². The fraction of sp³-hybridized carbons (Fsp3) is 0.667. The number of aliphatic hydroxyl groups excluding tert-OH is 1. The maximum absolute atomic E-state index is 10.2. The molecular weight excluding hydrogens is 322 g/mol. The van der Waals surface area contributed by atoms with Crippen LogP contribution in [0.2, 0.25) is 0 Å². The Morgan fingerprint density at radius 1 is 1.56 bits per heavy atom. The van der Waals surface area contributed by atoms with Gasteiger partial charge in [0, 0.05) is 0 Å². The summed E-state index contributed by atoms with van der Waals surface area (Å²) < 4.78 is -1.00. The number of amides is 1. The molecule has 0 aliphatic carbocycles. The number of hydrogen-bond acceptors (Lipinski definition) is 2. The highest BCUT2D eigenvalue weighted by molar-refractivity contribution is 9.39. The molecule has 3 N–H and O–H groups in total. The zero-order valence-electron chi connectivity index (χ0n) is 4.14. The van der Waals surface area contributed by atoms with E-state index in [1.54, 1.807) is 0 Å². The van der Waals surface area contributed by atoms with Crippen molar-refractivity contribution in [3.05, 3.63) is 0 Å². The van der Waals surface area contributed by atoms with Gasteiger partial charge in [0.1, 0.15) is 0 Å². The summed E-state index contributed by atoms with van der Waals surface area (Å²) in [6, 6.07) is 0. The van der Waals surface area contributed by atoms with Crippen LogP contribution in [-0.4, -0.2) is 19.3 Å². The lowest BCUT2D eigenvalue weighted by Crippen LogP contribution is -2.37. The molecule has 0 saturated heterocycles. The Kier molecular flexibility index (Phi) is 3.64. The second-order valence-electron chi connectivity index (χ2n) is 1.35. The van der Waals surface area contributed by atoms with Crippen molar-refractivity contribution in [2.45, 2.75) is 8.25 Å². The van der Waals surface area contributed by atoms with Crippen LogP contribution in [-0.2, 0) is 4.79 Å². The van der Waals surface area contributed by atoms with E-state index in [0.29, 0.717) is 0 Å². The molecule has 0 saturated carbocycles. The molecule has 1 unspecified atom stereocenters.